The lowest BCUT2D eigenvalue weighted by atomic mass is 10.0. The number of halogens is 1. The Morgan fingerprint density at radius 3 is 2.67 bits per heavy atom. The Kier molecular flexibility index (Phi) is 6.66. The van der Waals surface area contributed by atoms with Crippen LogP contribution in [-0.4, -0.2) is 17.7 Å². The summed E-state index contributed by atoms with van der Waals surface area (Å²) in [4.78, 5) is 11.9. The van der Waals surface area contributed by atoms with E-state index in [4.69, 9.17) is 4.74 Å². The van der Waals surface area contributed by atoms with Crippen molar-refractivity contribution < 1.29 is 13.9 Å². The van der Waals surface area contributed by atoms with Gasteiger partial charge in [0.2, 0.25) is 0 Å². The van der Waals surface area contributed by atoms with E-state index in [2.05, 4.69) is 12.2 Å². The van der Waals surface area contributed by atoms with E-state index in [9.17, 15) is 9.18 Å². The van der Waals surface area contributed by atoms with Crippen LogP contribution in [0.2, 0.25) is 0 Å². The number of hydrogen-bond acceptors (Lipinski definition) is 2. The second-order valence-corrected chi connectivity index (χ2v) is 6.32. The highest BCUT2D eigenvalue weighted by atomic mass is 19.1. The SMILES string of the molecule is CCCC[C@@H](Cc1cccc(F)c1)NC(=O)OC(C)(C)C. The molecule has 4 heteroatoms. The Labute approximate surface area is 126 Å². The van der Waals surface area contributed by atoms with E-state index in [1.807, 2.05) is 26.8 Å². The van der Waals surface area contributed by atoms with Crippen LogP contribution in [0.25, 0.3) is 0 Å². The highest BCUT2D eigenvalue weighted by Gasteiger charge is 2.19. The summed E-state index contributed by atoms with van der Waals surface area (Å²) < 4.78 is 18.5. The van der Waals surface area contributed by atoms with Crippen LogP contribution in [0.4, 0.5) is 9.18 Å². The largest absolute Gasteiger partial charge is 0.444 e. The van der Waals surface area contributed by atoms with Crippen molar-refractivity contribution in [1.82, 2.24) is 5.32 Å². The Morgan fingerprint density at radius 1 is 1.38 bits per heavy atom. The number of unbranched alkanes of at least 4 members (excludes halogenated alkanes) is 1. The molecule has 0 spiro atoms. The number of alkyl carbamates (subject to hydrolysis) is 1. The highest BCUT2D eigenvalue weighted by molar-refractivity contribution is 5.68. The van der Waals surface area contributed by atoms with E-state index in [0.29, 0.717) is 6.42 Å². The summed E-state index contributed by atoms with van der Waals surface area (Å²) in [6.45, 7) is 7.60. The second-order valence-electron chi connectivity index (χ2n) is 6.32. The van der Waals surface area contributed by atoms with Crippen molar-refractivity contribution in [2.45, 2.75) is 65.0 Å². The first-order chi connectivity index (χ1) is 9.80. The minimum atomic E-state index is -0.516. The van der Waals surface area contributed by atoms with E-state index in [-0.39, 0.29) is 11.9 Å². The molecule has 1 rings (SSSR count). The maximum atomic E-state index is 13.2. The predicted molar refractivity (Wildman–Crippen MR) is 82.8 cm³/mol. The van der Waals surface area contributed by atoms with Crippen molar-refractivity contribution in [3.8, 4) is 0 Å². The lowest BCUT2D eigenvalue weighted by Gasteiger charge is -2.23. The van der Waals surface area contributed by atoms with Crippen LogP contribution in [0.15, 0.2) is 24.3 Å². The first-order valence-corrected chi connectivity index (χ1v) is 7.54. The quantitative estimate of drug-likeness (QED) is 0.842. The highest BCUT2D eigenvalue weighted by Crippen LogP contribution is 2.12. The van der Waals surface area contributed by atoms with Gasteiger partial charge in [0.1, 0.15) is 11.4 Å². The van der Waals surface area contributed by atoms with E-state index in [1.165, 1.54) is 12.1 Å². The van der Waals surface area contributed by atoms with Crippen molar-refractivity contribution >= 4 is 6.09 Å². The van der Waals surface area contributed by atoms with Gasteiger partial charge < -0.3 is 10.1 Å². The Hall–Kier alpha value is -1.58. The Balaban J connectivity index is 2.65. The summed E-state index contributed by atoms with van der Waals surface area (Å²) in [6.07, 6.45) is 3.11. The molecule has 1 aromatic rings. The van der Waals surface area contributed by atoms with Crippen LogP contribution in [0.5, 0.6) is 0 Å². The topological polar surface area (TPSA) is 38.3 Å². The van der Waals surface area contributed by atoms with E-state index >= 15 is 0 Å². The minimum absolute atomic E-state index is 0.0402. The zero-order chi connectivity index (χ0) is 15.9. The number of ether oxygens (including phenoxy) is 1. The smallest absolute Gasteiger partial charge is 0.407 e. The van der Waals surface area contributed by atoms with Gasteiger partial charge in [-0.2, -0.15) is 0 Å². The van der Waals surface area contributed by atoms with Gasteiger partial charge in [-0.05, 0) is 51.3 Å². The van der Waals surface area contributed by atoms with Crippen LogP contribution in [0, 0.1) is 5.82 Å². The third-order valence-corrected chi connectivity index (χ3v) is 3.00. The van der Waals surface area contributed by atoms with Crippen molar-refractivity contribution in [1.29, 1.82) is 0 Å². The molecular formula is C17H26FNO2. The number of carbonyl (C=O) groups excluding carboxylic acids is 1. The fourth-order valence-electron chi connectivity index (χ4n) is 2.10. The summed E-state index contributed by atoms with van der Waals surface area (Å²) >= 11 is 0. The van der Waals surface area contributed by atoms with Crippen molar-refractivity contribution in [2.75, 3.05) is 0 Å². The molecule has 1 N–H and O–H groups in total. The monoisotopic (exact) mass is 295 g/mol. The van der Waals surface area contributed by atoms with Gasteiger partial charge in [0.25, 0.3) is 0 Å². The molecule has 0 radical (unpaired) electrons. The fraction of sp³-hybridized carbons (Fsp3) is 0.588. The molecule has 1 atom stereocenters. The zero-order valence-electron chi connectivity index (χ0n) is 13.4. The molecule has 0 fully saturated rings. The maximum Gasteiger partial charge on any atom is 0.407 e. The predicted octanol–water partition coefficient (Wildman–Crippen LogP) is 4.45. The molecule has 1 aromatic carbocycles. The van der Waals surface area contributed by atoms with E-state index in [0.717, 1.165) is 24.8 Å². The molecule has 0 aliphatic rings. The normalized spacial score (nSPS) is 12.8. The second kappa shape index (κ2) is 8.01. The molecule has 0 heterocycles. The molecule has 0 saturated carbocycles. The minimum Gasteiger partial charge on any atom is -0.444 e. The summed E-state index contributed by atoms with van der Waals surface area (Å²) in [5, 5.41) is 2.89. The molecule has 0 aliphatic heterocycles. The molecule has 0 aromatic heterocycles. The van der Waals surface area contributed by atoms with Crippen LogP contribution >= 0.6 is 0 Å². The molecule has 0 saturated heterocycles. The van der Waals surface area contributed by atoms with Gasteiger partial charge in [0.15, 0.2) is 0 Å². The molecular weight excluding hydrogens is 269 g/mol. The summed E-state index contributed by atoms with van der Waals surface area (Å²) in [6, 6.07) is 6.46. The van der Waals surface area contributed by atoms with Crippen LogP contribution in [0.1, 0.15) is 52.5 Å². The van der Waals surface area contributed by atoms with Gasteiger partial charge in [0.05, 0.1) is 0 Å². The average Bonchev–Trinajstić information content (AvgIpc) is 2.33. The third-order valence-electron chi connectivity index (χ3n) is 3.00. The molecule has 3 nitrogen and oxygen atoms in total. The standard InChI is InChI=1S/C17H26FNO2/c1-5-6-10-15(19-16(20)21-17(2,3)4)12-13-8-7-9-14(18)11-13/h7-9,11,15H,5-6,10,12H2,1-4H3,(H,19,20)/t15-/m0/s1. The molecule has 21 heavy (non-hydrogen) atoms. The van der Waals surface area contributed by atoms with E-state index < -0.39 is 11.7 Å². The van der Waals surface area contributed by atoms with Gasteiger partial charge in [-0.25, -0.2) is 9.18 Å². The van der Waals surface area contributed by atoms with Gasteiger partial charge >= 0.3 is 6.09 Å². The molecule has 118 valence electrons. The first kappa shape index (κ1) is 17.5. The van der Waals surface area contributed by atoms with Gasteiger partial charge in [-0.3, -0.25) is 0 Å². The lowest BCUT2D eigenvalue weighted by molar-refractivity contribution is 0.0501. The van der Waals surface area contributed by atoms with Crippen LogP contribution in [-0.2, 0) is 11.2 Å². The zero-order valence-corrected chi connectivity index (χ0v) is 13.4. The van der Waals surface area contributed by atoms with Gasteiger partial charge in [-0.1, -0.05) is 31.9 Å². The summed E-state index contributed by atoms with van der Waals surface area (Å²) in [5.74, 6) is -0.251. The third kappa shape index (κ3) is 7.69. The first-order valence-electron chi connectivity index (χ1n) is 7.54. The number of rotatable bonds is 6. The molecule has 1 amide bonds. The lowest BCUT2D eigenvalue weighted by Crippen LogP contribution is -2.40. The number of hydrogen-bond donors (Lipinski definition) is 1. The molecule has 0 bridgehead atoms. The van der Waals surface area contributed by atoms with Crippen molar-refractivity contribution in [3.63, 3.8) is 0 Å². The van der Waals surface area contributed by atoms with Crippen LogP contribution in [0.3, 0.4) is 0 Å². The van der Waals surface area contributed by atoms with E-state index in [1.54, 1.807) is 6.07 Å². The summed E-state index contributed by atoms with van der Waals surface area (Å²) in [7, 11) is 0. The molecule has 0 unspecified atom stereocenters. The van der Waals surface area contributed by atoms with Crippen LogP contribution < -0.4 is 5.32 Å². The van der Waals surface area contributed by atoms with Crippen molar-refractivity contribution in [2.24, 2.45) is 0 Å². The summed E-state index contributed by atoms with van der Waals surface area (Å²) in [5.41, 5.74) is 0.366. The number of carbonyl (C=O) groups is 1. The Morgan fingerprint density at radius 2 is 2.10 bits per heavy atom. The van der Waals surface area contributed by atoms with Gasteiger partial charge in [0, 0.05) is 6.04 Å². The number of nitrogens with one attached hydrogen (secondary N) is 1. The number of amides is 1. The maximum absolute atomic E-state index is 13.2. The van der Waals surface area contributed by atoms with Crippen molar-refractivity contribution in [3.05, 3.63) is 35.6 Å². The number of benzene rings is 1. The average molecular weight is 295 g/mol. The molecule has 0 aliphatic carbocycles. The fourth-order valence-corrected chi connectivity index (χ4v) is 2.10. The van der Waals surface area contributed by atoms with Gasteiger partial charge in [-0.15, -0.1) is 0 Å². The Bertz CT molecular complexity index is 454.